The topological polar surface area (TPSA) is 37.8 Å². The summed E-state index contributed by atoms with van der Waals surface area (Å²) < 4.78 is 0. The second-order valence-corrected chi connectivity index (χ2v) is 3.47. The highest BCUT2D eigenvalue weighted by Crippen LogP contribution is 2.10. The lowest BCUT2D eigenvalue weighted by atomic mass is 10.2. The largest absolute Gasteiger partial charge is 0.381 e. The van der Waals surface area contributed by atoms with Crippen LogP contribution in [0.1, 0.15) is 11.1 Å². The molecule has 2 rings (SSSR count). The summed E-state index contributed by atoms with van der Waals surface area (Å²) >= 11 is 0. The summed E-state index contributed by atoms with van der Waals surface area (Å²) in [6.45, 7) is 2.83. The average molecular weight is 199 g/mol. The van der Waals surface area contributed by atoms with Gasteiger partial charge in [0.05, 0.1) is 0 Å². The van der Waals surface area contributed by atoms with Crippen molar-refractivity contribution in [2.45, 2.75) is 13.5 Å². The molecular formula is C12H13N3. The monoisotopic (exact) mass is 199 g/mol. The molecule has 0 aliphatic heterocycles. The van der Waals surface area contributed by atoms with Gasteiger partial charge in [0.25, 0.3) is 0 Å². The van der Waals surface area contributed by atoms with Crippen LogP contribution in [-0.2, 0) is 6.54 Å². The van der Waals surface area contributed by atoms with Gasteiger partial charge in [-0.05, 0) is 24.6 Å². The number of nitrogens with zero attached hydrogens (tertiary/aromatic N) is 2. The zero-order valence-corrected chi connectivity index (χ0v) is 8.64. The second kappa shape index (κ2) is 4.55. The van der Waals surface area contributed by atoms with Gasteiger partial charge in [-0.3, -0.25) is 0 Å². The number of nitrogens with one attached hydrogen (secondary N) is 1. The second-order valence-electron chi connectivity index (χ2n) is 3.47. The Morgan fingerprint density at radius 1 is 1.20 bits per heavy atom. The van der Waals surface area contributed by atoms with E-state index in [-0.39, 0.29) is 0 Å². The van der Waals surface area contributed by atoms with Crippen LogP contribution < -0.4 is 5.32 Å². The first kappa shape index (κ1) is 9.65. The Labute approximate surface area is 89.2 Å². The molecule has 76 valence electrons. The fourth-order valence-corrected chi connectivity index (χ4v) is 1.38. The number of rotatable bonds is 3. The maximum atomic E-state index is 3.96. The Morgan fingerprint density at radius 2 is 2.00 bits per heavy atom. The van der Waals surface area contributed by atoms with Crippen molar-refractivity contribution in [1.82, 2.24) is 9.97 Å². The summed E-state index contributed by atoms with van der Waals surface area (Å²) in [6, 6.07) is 8.29. The predicted molar refractivity (Wildman–Crippen MR) is 60.5 cm³/mol. The Bertz CT molecular complexity index is 426. The summed E-state index contributed by atoms with van der Waals surface area (Å²) in [5, 5.41) is 3.32. The molecule has 0 bridgehead atoms. The molecule has 2 aromatic rings. The van der Waals surface area contributed by atoms with Gasteiger partial charge in [0, 0.05) is 30.2 Å². The van der Waals surface area contributed by atoms with Crippen molar-refractivity contribution in [3.05, 3.63) is 54.1 Å². The molecule has 1 N–H and O–H groups in total. The molecule has 1 aromatic heterocycles. The third-order valence-corrected chi connectivity index (χ3v) is 2.13. The lowest BCUT2D eigenvalue weighted by molar-refractivity contribution is 1.05. The van der Waals surface area contributed by atoms with Gasteiger partial charge < -0.3 is 5.32 Å². The molecule has 1 aromatic carbocycles. The highest BCUT2D eigenvalue weighted by atomic mass is 14.9. The molecule has 0 aliphatic carbocycles. The highest BCUT2D eigenvalue weighted by molar-refractivity contribution is 5.45. The smallest absolute Gasteiger partial charge is 0.115 e. The molecule has 1 heterocycles. The molecule has 15 heavy (non-hydrogen) atoms. The molecule has 0 saturated carbocycles. The van der Waals surface area contributed by atoms with Crippen molar-refractivity contribution in [2.24, 2.45) is 0 Å². The molecule has 0 saturated heterocycles. The summed E-state index contributed by atoms with van der Waals surface area (Å²) in [5.41, 5.74) is 3.46. The van der Waals surface area contributed by atoms with E-state index in [1.165, 1.54) is 11.9 Å². The summed E-state index contributed by atoms with van der Waals surface area (Å²) in [6.07, 6.45) is 5.17. The van der Waals surface area contributed by atoms with Crippen molar-refractivity contribution < 1.29 is 0 Å². The fraction of sp³-hybridized carbons (Fsp3) is 0.167. The SMILES string of the molecule is Cc1cccc(NCc2cncnc2)c1. The van der Waals surface area contributed by atoms with Crippen molar-refractivity contribution in [3.8, 4) is 0 Å². The highest BCUT2D eigenvalue weighted by Gasteiger charge is 1.94. The van der Waals surface area contributed by atoms with Crippen molar-refractivity contribution in [3.63, 3.8) is 0 Å². The minimum absolute atomic E-state index is 0.754. The van der Waals surface area contributed by atoms with Gasteiger partial charge in [-0.25, -0.2) is 9.97 Å². The lowest BCUT2D eigenvalue weighted by Crippen LogP contribution is -2.00. The van der Waals surface area contributed by atoms with Gasteiger partial charge >= 0.3 is 0 Å². The predicted octanol–water partition coefficient (Wildman–Crippen LogP) is 2.40. The van der Waals surface area contributed by atoms with Gasteiger partial charge in [0.2, 0.25) is 0 Å². The number of benzene rings is 1. The number of hydrogen-bond acceptors (Lipinski definition) is 3. The van der Waals surface area contributed by atoms with Crippen LogP contribution in [0.25, 0.3) is 0 Å². The summed E-state index contributed by atoms with van der Waals surface area (Å²) in [7, 11) is 0. The van der Waals surface area contributed by atoms with Crippen LogP contribution >= 0.6 is 0 Å². The Balaban J connectivity index is 1.99. The number of hydrogen-bond donors (Lipinski definition) is 1. The van der Waals surface area contributed by atoms with E-state index in [0.717, 1.165) is 17.8 Å². The van der Waals surface area contributed by atoms with Crippen LogP contribution in [-0.4, -0.2) is 9.97 Å². The van der Waals surface area contributed by atoms with Gasteiger partial charge in [-0.1, -0.05) is 12.1 Å². The molecule has 0 atom stereocenters. The van der Waals surface area contributed by atoms with Gasteiger partial charge in [-0.2, -0.15) is 0 Å². The Morgan fingerprint density at radius 3 is 2.73 bits per heavy atom. The quantitative estimate of drug-likeness (QED) is 0.824. The third-order valence-electron chi connectivity index (χ3n) is 2.13. The molecule has 3 nitrogen and oxygen atoms in total. The molecule has 0 amide bonds. The first-order valence-corrected chi connectivity index (χ1v) is 4.89. The molecule has 0 aliphatic rings. The van der Waals surface area contributed by atoms with Crippen molar-refractivity contribution >= 4 is 5.69 Å². The van der Waals surface area contributed by atoms with Crippen LogP contribution in [0.5, 0.6) is 0 Å². The van der Waals surface area contributed by atoms with E-state index in [1.54, 1.807) is 0 Å². The van der Waals surface area contributed by atoms with Crippen LogP contribution in [0, 0.1) is 6.92 Å². The molecule has 0 spiro atoms. The van der Waals surface area contributed by atoms with E-state index >= 15 is 0 Å². The van der Waals surface area contributed by atoms with Gasteiger partial charge in [-0.15, -0.1) is 0 Å². The molecular weight excluding hydrogens is 186 g/mol. The van der Waals surface area contributed by atoms with E-state index in [2.05, 4.69) is 40.4 Å². The van der Waals surface area contributed by atoms with E-state index in [1.807, 2.05) is 18.5 Å². The molecule has 3 heteroatoms. The first-order chi connectivity index (χ1) is 7.34. The molecule has 0 radical (unpaired) electrons. The number of aromatic nitrogens is 2. The minimum Gasteiger partial charge on any atom is -0.381 e. The fourth-order valence-electron chi connectivity index (χ4n) is 1.38. The first-order valence-electron chi connectivity index (χ1n) is 4.89. The average Bonchev–Trinajstić information content (AvgIpc) is 2.28. The van der Waals surface area contributed by atoms with E-state index in [0.29, 0.717) is 0 Å². The van der Waals surface area contributed by atoms with Crippen LogP contribution in [0.2, 0.25) is 0 Å². The number of aryl methyl sites for hydroxylation is 1. The zero-order valence-electron chi connectivity index (χ0n) is 8.64. The third kappa shape index (κ3) is 2.77. The standard InChI is InChI=1S/C12H13N3/c1-10-3-2-4-12(5-10)15-8-11-6-13-9-14-7-11/h2-7,9,15H,8H2,1H3. The summed E-state index contributed by atoms with van der Waals surface area (Å²) in [4.78, 5) is 7.93. The van der Waals surface area contributed by atoms with E-state index in [4.69, 9.17) is 0 Å². The van der Waals surface area contributed by atoms with E-state index in [9.17, 15) is 0 Å². The van der Waals surface area contributed by atoms with Crippen LogP contribution in [0.4, 0.5) is 5.69 Å². The Hall–Kier alpha value is -1.90. The summed E-state index contributed by atoms with van der Waals surface area (Å²) in [5.74, 6) is 0. The van der Waals surface area contributed by atoms with E-state index < -0.39 is 0 Å². The zero-order chi connectivity index (χ0) is 10.5. The van der Waals surface area contributed by atoms with Crippen molar-refractivity contribution in [2.75, 3.05) is 5.32 Å². The van der Waals surface area contributed by atoms with Crippen molar-refractivity contribution in [1.29, 1.82) is 0 Å². The normalized spacial score (nSPS) is 9.93. The molecule has 0 fully saturated rings. The van der Waals surface area contributed by atoms with Gasteiger partial charge in [0.1, 0.15) is 6.33 Å². The molecule has 0 unspecified atom stereocenters. The number of anilines is 1. The lowest BCUT2D eigenvalue weighted by Gasteiger charge is -2.06. The van der Waals surface area contributed by atoms with Crippen LogP contribution in [0.15, 0.2) is 43.0 Å². The van der Waals surface area contributed by atoms with Crippen LogP contribution in [0.3, 0.4) is 0 Å². The van der Waals surface area contributed by atoms with Gasteiger partial charge in [0.15, 0.2) is 0 Å². The minimum atomic E-state index is 0.754. The Kier molecular flexibility index (Phi) is 2.93. The maximum Gasteiger partial charge on any atom is 0.115 e. The maximum absolute atomic E-state index is 3.96.